The molecule has 5 heteroatoms. The van der Waals surface area contributed by atoms with E-state index in [1.54, 1.807) is 0 Å². The zero-order valence-corrected chi connectivity index (χ0v) is 14.7. The van der Waals surface area contributed by atoms with Crippen molar-refractivity contribution in [1.29, 1.82) is 0 Å². The lowest BCUT2D eigenvalue weighted by Crippen LogP contribution is -2.56. The van der Waals surface area contributed by atoms with Gasteiger partial charge in [-0.3, -0.25) is 9.59 Å². The van der Waals surface area contributed by atoms with E-state index in [0.717, 1.165) is 37.3 Å². The summed E-state index contributed by atoms with van der Waals surface area (Å²) in [5.74, 6) is 1.87. The molecule has 1 saturated heterocycles. The number of hydrogen-bond donors (Lipinski definition) is 1. The second-order valence-corrected chi connectivity index (χ2v) is 7.74. The summed E-state index contributed by atoms with van der Waals surface area (Å²) in [4.78, 5) is 26.7. The molecule has 1 aliphatic carbocycles. The molecule has 0 spiro atoms. The molecule has 1 aliphatic heterocycles. The molecule has 24 heavy (non-hydrogen) atoms. The number of nitrogens with one attached hydrogen (secondary N) is 1. The van der Waals surface area contributed by atoms with Crippen molar-refractivity contribution in [3.63, 3.8) is 0 Å². The largest absolute Gasteiger partial charge is 0.347 e. The molecule has 2 aliphatic rings. The molecule has 0 aromatic heterocycles. The Hall–Kier alpha value is -1.75. The van der Waals surface area contributed by atoms with Crippen molar-refractivity contribution in [3.8, 4) is 0 Å². The van der Waals surface area contributed by atoms with E-state index in [1.807, 2.05) is 34.9 Å². The van der Waals surface area contributed by atoms with Gasteiger partial charge < -0.3 is 10.2 Å². The van der Waals surface area contributed by atoms with Crippen molar-refractivity contribution >= 4 is 23.6 Å². The number of nitrogens with zero attached hydrogens (tertiary/aromatic N) is 1. The first-order chi connectivity index (χ1) is 11.6. The van der Waals surface area contributed by atoms with Gasteiger partial charge in [-0.2, -0.15) is 11.8 Å². The maximum absolute atomic E-state index is 13.0. The Kier molecular flexibility index (Phi) is 5.29. The van der Waals surface area contributed by atoms with Crippen LogP contribution < -0.4 is 5.32 Å². The number of amides is 2. The van der Waals surface area contributed by atoms with Crippen molar-refractivity contribution in [2.45, 2.75) is 37.3 Å². The Morgan fingerprint density at radius 3 is 2.71 bits per heavy atom. The highest BCUT2D eigenvalue weighted by atomic mass is 32.2. The van der Waals surface area contributed by atoms with Crippen LogP contribution in [0.5, 0.6) is 0 Å². The SMILES string of the molecule is C=CC(=O)NC1(CC(=O)N2CCSCC2c2ccccc2)CCC1. The zero-order chi connectivity index (χ0) is 17.0. The number of carbonyl (C=O) groups excluding carboxylic acids is 2. The summed E-state index contributed by atoms with van der Waals surface area (Å²) in [7, 11) is 0. The van der Waals surface area contributed by atoms with Gasteiger partial charge in [-0.1, -0.05) is 36.9 Å². The standard InChI is InChI=1S/C19H24N2O2S/c1-2-17(22)20-19(9-6-10-19)13-18(23)21-11-12-24-14-16(21)15-7-4-3-5-8-15/h2-5,7-8,16H,1,6,9-14H2,(H,20,22). The van der Waals surface area contributed by atoms with Crippen molar-refractivity contribution in [2.24, 2.45) is 0 Å². The lowest BCUT2D eigenvalue weighted by molar-refractivity contribution is -0.136. The number of benzene rings is 1. The molecule has 4 nitrogen and oxygen atoms in total. The summed E-state index contributed by atoms with van der Waals surface area (Å²) in [6.07, 6.45) is 4.48. The highest BCUT2D eigenvalue weighted by molar-refractivity contribution is 7.99. The van der Waals surface area contributed by atoms with Crippen LogP contribution in [0.1, 0.15) is 37.3 Å². The monoisotopic (exact) mass is 344 g/mol. The molecule has 1 unspecified atom stereocenters. The van der Waals surface area contributed by atoms with Crippen LogP contribution in [0, 0.1) is 0 Å². The Morgan fingerprint density at radius 2 is 2.08 bits per heavy atom. The van der Waals surface area contributed by atoms with E-state index >= 15 is 0 Å². The minimum absolute atomic E-state index is 0.129. The van der Waals surface area contributed by atoms with E-state index in [9.17, 15) is 9.59 Å². The van der Waals surface area contributed by atoms with Crippen LogP contribution in [-0.4, -0.2) is 40.3 Å². The van der Waals surface area contributed by atoms with Gasteiger partial charge in [-0.05, 0) is 30.9 Å². The molecule has 2 fully saturated rings. The summed E-state index contributed by atoms with van der Waals surface area (Å²) in [5, 5.41) is 2.99. The summed E-state index contributed by atoms with van der Waals surface area (Å²) in [6, 6.07) is 10.4. The van der Waals surface area contributed by atoms with E-state index in [2.05, 4.69) is 24.0 Å². The number of rotatable bonds is 5. The predicted molar refractivity (Wildman–Crippen MR) is 97.8 cm³/mol. The van der Waals surface area contributed by atoms with E-state index in [1.165, 1.54) is 11.6 Å². The van der Waals surface area contributed by atoms with Crippen LogP contribution in [0.15, 0.2) is 43.0 Å². The van der Waals surface area contributed by atoms with Crippen LogP contribution in [0.25, 0.3) is 0 Å². The Bertz CT molecular complexity index is 613. The van der Waals surface area contributed by atoms with E-state index in [0.29, 0.717) is 6.42 Å². The molecule has 1 heterocycles. The highest BCUT2D eigenvalue weighted by Crippen LogP contribution is 2.37. The molecule has 1 N–H and O–H groups in total. The van der Waals surface area contributed by atoms with Gasteiger partial charge in [0.1, 0.15) is 0 Å². The van der Waals surface area contributed by atoms with Crippen LogP contribution in [-0.2, 0) is 9.59 Å². The van der Waals surface area contributed by atoms with Crippen molar-refractivity contribution in [3.05, 3.63) is 48.6 Å². The van der Waals surface area contributed by atoms with Crippen LogP contribution in [0.3, 0.4) is 0 Å². The van der Waals surface area contributed by atoms with Gasteiger partial charge in [0.15, 0.2) is 0 Å². The second kappa shape index (κ2) is 7.43. The third kappa shape index (κ3) is 3.66. The molecule has 1 aromatic carbocycles. The second-order valence-electron chi connectivity index (χ2n) is 6.59. The first-order valence-corrected chi connectivity index (χ1v) is 9.66. The quantitative estimate of drug-likeness (QED) is 0.836. The molecular formula is C19H24N2O2S. The van der Waals surface area contributed by atoms with Crippen LogP contribution in [0.4, 0.5) is 0 Å². The molecule has 0 bridgehead atoms. The molecule has 1 saturated carbocycles. The van der Waals surface area contributed by atoms with Crippen LogP contribution >= 0.6 is 11.8 Å². The van der Waals surface area contributed by atoms with Gasteiger partial charge in [-0.25, -0.2) is 0 Å². The summed E-state index contributed by atoms with van der Waals surface area (Å²) in [6.45, 7) is 4.29. The fourth-order valence-corrected chi connectivity index (χ4v) is 4.59. The van der Waals surface area contributed by atoms with Gasteiger partial charge in [-0.15, -0.1) is 0 Å². The maximum Gasteiger partial charge on any atom is 0.243 e. The Labute approximate surface area is 147 Å². The zero-order valence-electron chi connectivity index (χ0n) is 13.9. The van der Waals surface area contributed by atoms with Crippen LogP contribution in [0.2, 0.25) is 0 Å². The van der Waals surface area contributed by atoms with E-state index in [-0.39, 0.29) is 23.4 Å². The third-order valence-corrected chi connectivity index (χ3v) is 6.03. The summed E-state index contributed by atoms with van der Waals surface area (Å²) in [5.41, 5.74) is 0.824. The number of thioether (sulfide) groups is 1. The first-order valence-electron chi connectivity index (χ1n) is 8.50. The van der Waals surface area contributed by atoms with Crippen molar-refractivity contribution in [2.75, 3.05) is 18.1 Å². The minimum Gasteiger partial charge on any atom is -0.347 e. The van der Waals surface area contributed by atoms with Gasteiger partial charge in [0.2, 0.25) is 11.8 Å². The first kappa shape index (κ1) is 17.1. The fraction of sp³-hybridized carbons (Fsp3) is 0.474. The molecule has 2 amide bonds. The third-order valence-electron chi connectivity index (χ3n) is 5.01. The summed E-state index contributed by atoms with van der Waals surface area (Å²) < 4.78 is 0. The van der Waals surface area contributed by atoms with Gasteiger partial charge in [0.05, 0.1) is 6.04 Å². The fourth-order valence-electron chi connectivity index (χ4n) is 3.51. The molecule has 0 radical (unpaired) electrons. The molecule has 3 rings (SSSR count). The lowest BCUT2D eigenvalue weighted by Gasteiger charge is -2.44. The maximum atomic E-state index is 13.0. The summed E-state index contributed by atoms with van der Waals surface area (Å²) >= 11 is 1.89. The van der Waals surface area contributed by atoms with Crippen molar-refractivity contribution in [1.82, 2.24) is 10.2 Å². The highest BCUT2D eigenvalue weighted by Gasteiger charge is 2.42. The molecule has 128 valence electrons. The van der Waals surface area contributed by atoms with E-state index < -0.39 is 0 Å². The Morgan fingerprint density at radius 1 is 1.33 bits per heavy atom. The smallest absolute Gasteiger partial charge is 0.243 e. The predicted octanol–water partition coefficient (Wildman–Crippen LogP) is 2.92. The average Bonchev–Trinajstić information content (AvgIpc) is 2.60. The van der Waals surface area contributed by atoms with Gasteiger partial charge >= 0.3 is 0 Å². The van der Waals surface area contributed by atoms with Crippen molar-refractivity contribution < 1.29 is 9.59 Å². The lowest BCUT2D eigenvalue weighted by atomic mass is 9.74. The minimum atomic E-state index is -0.367. The normalized spacial score (nSPS) is 22.3. The number of carbonyl (C=O) groups is 2. The molecule has 1 aromatic rings. The average molecular weight is 344 g/mol. The molecular weight excluding hydrogens is 320 g/mol. The Balaban J connectivity index is 1.72. The van der Waals surface area contributed by atoms with Gasteiger partial charge in [0, 0.05) is 30.0 Å². The van der Waals surface area contributed by atoms with E-state index in [4.69, 9.17) is 0 Å². The topological polar surface area (TPSA) is 49.4 Å². The number of hydrogen-bond acceptors (Lipinski definition) is 3. The van der Waals surface area contributed by atoms with Gasteiger partial charge in [0.25, 0.3) is 0 Å². The molecule has 1 atom stereocenters.